The van der Waals surface area contributed by atoms with E-state index < -0.39 is 23.1 Å². The Balaban J connectivity index is 2.63. The Kier molecular flexibility index (Phi) is 3.75. The molecule has 1 aromatic carbocycles. The van der Waals surface area contributed by atoms with Crippen LogP contribution < -0.4 is 4.74 Å². The number of hydrogen-bond acceptors (Lipinski definition) is 2. The van der Waals surface area contributed by atoms with Crippen LogP contribution in [0.1, 0.15) is 30.4 Å². The average Bonchev–Trinajstić information content (AvgIpc) is 2.27. The third kappa shape index (κ3) is 2.28. The van der Waals surface area contributed by atoms with Gasteiger partial charge in [-0.05, 0) is 25.0 Å². The topological polar surface area (TPSA) is 46.5 Å². The van der Waals surface area contributed by atoms with E-state index in [9.17, 15) is 23.1 Å². The van der Waals surface area contributed by atoms with Crippen LogP contribution in [0, 0.1) is 0 Å². The Hall–Kier alpha value is -1.24. The van der Waals surface area contributed by atoms with Gasteiger partial charge in [0.2, 0.25) is 0 Å². The smallest absolute Gasteiger partial charge is 0.416 e. The van der Waals surface area contributed by atoms with Crippen molar-refractivity contribution in [3.8, 4) is 5.75 Å². The Morgan fingerprint density at radius 1 is 1.40 bits per heavy atom. The van der Waals surface area contributed by atoms with E-state index in [1.807, 2.05) is 0 Å². The van der Waals surface area contributed by atoms with Gasteiger partial charge in [0.25, 0.3) is 0 Å². The van der Waals surface area contributed by atoms with Crippen molar-refractivity contribution >= 4 is 21.9 Å². The minimum Gasteiger partial charge on any atom is -0.496 e. The van der Waals surface area contributed by atoms with Gasteiger partial charge in [0.05, 0.1) is 18.1 Å². The van der Waals surface area contributed by atoms with Crippen molar-refractivity contribution in [3.63, 3.8) is 0 Å². The highest BCUT2D eigenvalue weighted by Gasteiger charge is 2.49. The number of alkyl halides is 3. The molecule has 0 unspecified atom stereocenters. The first-order valence-corrected chi connectivity index (χ1v) is 6.70. The first-order valence-electron chi connectivity index (χ1n) is 5.91. The maximum absolute atomic E-state index is 12.8. The number of hydrogen-bond donors (Lipinski definition) is 1. The summed E-state index contributed by atoms with van der Waals surface area (Å²) >= 11 is 3.07. The largest absolute Gasteiger partial charge is 0.496 e. The molecule has 110 valence electrons. The average molecular weight is 353 g/mol. The lowest BCUT2D eigenvalue weighted by Crippen LogP contribution is -2.43. The highest BCUT2D eigenvalue weighted by Crippen LogP contribution is 2.51. The van der Waals surface area contributed by atoms with Crippen LogP contribution in [0.5, 0.6) is 5.75 Å². The molecule has 0 heterocycles. The van der Waals surface area contributed by atoms with Crippen molar-refractivity contribution < 1.29 is 27.8 Å². The maximum Gasteiger partial charge on any atom is 0.416 e. The fourth-order valence-electron chi connectivity index (χ4n) is 2.47. The van der Waals surface area contributed by atoms with E-state index in [2.05, 4.69) is 15.9 Å². The van der Waals surface area contributed by atoms with Gasteiger partial charge in [0, 0.05) is 10.0 Å². The molecular formula is C13H12BrF3O3. The van der Waals surface area contributed by atoms with E-state index in [1.54, 1.807) is 0 Å². The number of carboxylic acids is 1. The van der Waals surface area contributed by atoms with Gasteiger partial charge in [0.1, 0.15) is 5.75 Å². The fraction of sp³-hybridized carbons (Fsp3) is 0.462. The normalized spacial score (nSPS) is 17.4. The van der Waals surface area contributed by atoms with Crippen LogP contribution in [-0.4, -0.2) is 18.2 Å². The molecule has 0 aromatic heterocycles. The molecule has 1 aromatic rings. The second-order valence-corrected chi connectivity index (χ2v) is 5.63. The molecule has 1 saturated carbocycles. The number of benzene rings is 1. The molecule has 0 amide bonds. The van der Waals surface area contributed by atoms with Gasteiger partial charge in [-0.25, -0.2) is 0 Å². The molecular weight excluding hydrogens is 341 g/mol. The zero-order valence-corrected chi connectivity index (χ0v) is 12.1. The quantitative estimate of drug-likeness (QED) is 0.894. The van der Waals surface area contributed by atoms with E-state index >= 15 is 0 Å². The molecule has 0 spiro atoms. The highest BCUT2D eigenvalue weighted by atomic mass is 79.9. The van der Waals surface area contributed by atoms with Gasteiger partial charge in [-0.3, -0.25) is 4.79 Å². The number of aliphatic carboxylic acids is 1. The molecule has 0 bridgehead atoms. The van der Waals surface area contributed by atoms with Crippen LogP contribution in [0.25, 0.3) is 0 Å². The summed E-state index contributed by atoms with van der Waals surface area (Å²) in [4.78, 5) is 11.5. The summed E-state index contributed by atoms with van der Waals surface area (Å²) in [6.45, 7) is 0. The van der Waals surface area contributed by atoms with Crippen LogP contribution in [0.3, 0.4) is 0 Å². The molecule has 1 aliphatic rings. The van der Waals surface area contributed by atoms with Crippen molar-refractivity contribution in [3.05, 3.63) is 27.7 Å². The van der Waals surface area contributed by atoms with E-state index in [4.69, 9.17) is 4.74 Å². The molecule has 0 radical (unpaired) electrons. The SMILES string of the molecule is COc1cc(C(F)(F)F)cc(Br)c1C1(C(=O)O)CCC1. The predicted molar refractivity (Wildman–Crippen MR) is 68.9 cm³/mol. The summed E-state index contributed by atoms with van der Waals surface area (Å²) in [5.74, 6) is -1.09. The molecule has 1 N–H and O–H groups in total. The number of rotatable bonds is 3. The van der Waals surface area contributed by atoms with Gasteiger partial charge < -0.3 is 9.84 Å². The molecule has 2 rings (SSSR count). The molecule has 1 fully saturated rings. The van der Waals surface area contributed by atoms with Crippen molar-refractivity contribution in [2.75, 3.05) is 7.11 Å². The number of ether oxygens (including phenoxy) is 1. The maximum atomic E-state index is 12.8. The minimum atomic E-state index is -4.51. The zero-order chi connectivity index (χ0) is 15.1. The lowest BCUT2D eigenvalue weighted by Gasteiger charge is -2.39. The number of halogens is 4. The van der Waals surface area contributed by atoms with Crippen molar-refractivity contribution in [1.82, 2.24) is 0 Å². The van der Waals surface area contributed by atoms with Gasteiger partial charge in [-0.1, -0.05) is 22.4 Å². The monoisotopic (exact) mass is 352 g/mol. The molecule has 1 aliphatic carbocycles. The standard InChI is InChI=1S/C13H12BrF3O3/c1-20-9-6-7(13(15,16)17)5-8(14)10(9)12(11(18)19)3-2-4-12/h5-6H,2-4H2,1H3,(H,18,19). The zero-order valence-electron chi connectivity index (χ0n) is 10.6. The Bertz CT molecular complexity index is 551. The first kappa shape index (κ1) is 15.2. The van der Waals surface area contributed by atoms with Gasteiger partial charge in [-0.2, -0.15) is 13.2 Å². The van der Waals surface area contributed by atoms with E-state index in [-0.39, 0.29) is 15.8 Å². The second kappa shape index (κ2) is 4.95. The predicted octanol–water partition coefficient (Wildman–Crippen LogP) is 3.98. The molecule has 20 heavy (non-hydrogen) atoms. The Labute approximate surface area is 121 Å². The summed E-state index contributed by atoms with van der Waals surface area (Å²) in [5, 5.41) is 9.41. The summed E-state index contributed by atoms with van der Waals surface area (Å²) < 4.78 is 43.4. The fourth-order valence-corrected chi connectivity index (χ4v) is 3.29. The van der Waals surface area contributed by atoms with Gasteiger partial charge in [-0.15, -0.1) is 0 Å². The van der Waals surface area contributed by atoms with Crippen molar-refractivity contribution in [2.24, 2.45) is 0 Å². The van der Waals surface area contributed by atoms with Gasteiger partial charge in [0.15, 0.2) is 0 Å². The first-order chi connectivity index (χ1) is 9.22. The highest BCUT2D eigenvalue weighted by molar-refractivity contribution is 9.10. The summed E-state index contributed by atoms with van der Waals surface area (Å²) in [7, 11) is 1.24. The number of methoxy groups -OCH3 is 1. The minimum absolute atomic E-state index is 0.0474. The molecule has 0 aliphatic heterocycles. The second-order valence-electron chi connectivity index (χ2n) is 4.77. The lowest BCUT2D eigenvalue weighted by molar-refractivity contribution is -0.147. The number of carbonyl (C=O) groups is 1. The van der Waals surface area contributed by atoms with Crippen LogP contribution in [-0.2, 0) is 16.4 Å². The third-order valence-electron chi connectivity index (χ3n) is 3.70. The summed E-state index contributed by atoms with van der Waals surface area (Å²) in [5.41, 5.74) is -1.74. The Morgan fingerprint density at radius 2 is 2.00 bits per heavy atom. The van der Waals surface area contributed by atoms with Crippen molar-refractivity contribution in [1.29, 1.82) is 0 Å². The van der Waals surface area contributed by atoms with Crippen LogP contribution in [0.15, 0.2) is 16.6 Å². The lowest BCUT2D eigenvalue weighted by atomic mass is 9.64. The molecule has 0 atom stereocenters. The van der Waals surface area contributed by atoms with E-state index in [0.29, 0.717) is 12.8 Å². The summed E-state index contributed by atoms with van der Waals surface area (Å²) in [6, 6.07) is 1.75. The summed E-state index contributed by atoms with van der Waals surface area (Å²) in [6.07, 6.45) is -3.00. The molecule has 3 nitrogen and oxygen atoms in total. The molecule has 7 heteroatoms. The van der Waals surface area contributed by atoms with Gasteiger partial charge >= 0.3 is 12.1 Å². The van der Waals surface area contributed by atoms with E-state index in [1.165, 1.54) is 7.11 Å². The Morgan fingerprint density at radius 3 is 2.35 bits per heavy atom. The van der Waals surface area contributed by atoms with Crippen LogP contribution >= 0.6 is 15.9 Å². The third-order valence-corrected chi connectivity index (χ3v) is 4.32. The van der Waals surface area contributed by atoms with E-state index in [0.717, 1.165) is 18.6 Å². The molecule has 0 saturated heterocycles. The number of carboxylic acid groups (broad SMARTS) is 1. The van der Waals surface area contributed by atoms with Crippen molar-refractivity contribution in [2.45, 2.75) is 30.9 Å². The van der Waals surface area contributed by atoms with Crippen LogP contribution in [0.4, 0.5) is 13.2 Å². The van der Waals surface area contributed by atoms with Crippen LogP contribution in [0.2, 0.25) is 0 Å².